The second-order valence-electron chi connectivity index (χ2n) is 6.95. The molecule has 2 aliphatic rings. The Balaban J connectivity index is 2.05. The number of hydrogen-bond donors (Lipinski definition) is 0. The van der Waals surface area contributed by atoms with Gasteiger partial charge in [0.25, 0.3) is 5.91 Å². The van der Waals surface area contributed by atoms with Gasteiger partial charge in [0.15, 0.2) is 5.78 Å². The van der Waals surface area contributed by atoms with Gasteiger partial charge in [0.05, 0.1) is 9.09 Å². The number of carbonyl (C=O) groups is 2. The number of amides is 1. The van der Waals surface area contributed by atoms with Gasteiger partial charge in [-0.05, 0) is 36.0 Å². The van der Waals surface area contributed by atoms with Crippen LogP contribution >= 0.6 is 23.1 Å². The zero-order valence-corrected chi connectivity index (χ0v) is 15.2. The Hall–Kier alpha value is -0.810. The lowest BCUT2D eigenvalue weighted by atomic mass is 9.74. The van der Waals surface area contributed by atoms with Crippen LogP contribution in [0, 0.1) is 5.41 Å². The summed E-state index contributed by atoms with van der Waals surface area (Å²) in [4.78, 5) is 28.3. The minimum Gasteiger partial charge on any atom is -0.338 e. The monoisotopic (exact) mass is 337 g/mol. The molecule has 0 aromatic carbocycles. The molecule has 120 valence electrons. The molecule has 1 aromatic heterocycles. The number of nitrogens with zero attached hydrogens (tertiary/aromatic N) is 1. The van der Waals surface area contributed by atoms with Crippen molar-refractivity contribution in [2.24, 2.45) is 5.41 Å². The first kappa shape index (κ1) is 16.1. The molecule has 3 rings (SSSR count). The van der Waals surface area contributed by atoms with E-state index in [0.717, 1.165) is 58.3 Å². The second-order valence-corrected chi connectivity index (χ2v) is 9.50. The van der Waals surface area contributed by atoms with Crippen molar-refractivity contribution in [2.75, 3.05) is 18.8 Å². The van der Waals surface area contributed by atoms with Crippen molar-refractivity contribution in [1.29, 1.82) is 0 Å². The van der Waals surface area contributed by atoms with Crippen LogP contribution in [0.25, 0.3) is 0 Å². The van der Waals surface area contributed by atoms with Crippen molar-refractivity contribution >= 4 is 34.8 Å². The van der Waals surface area contributed by atoms with E-state index in [2.05, 4.69) is 20.8 Å². The number of fused-ring (bicyclic) bond motifs is 1. The predicted octanol–water partition coefficient (Wildman–Crippen LogP) is 4.25. The summed E-state index contributed by atoms with van der Waals surface area (Å²) >= 11 is 3.25. The van der Waals surface area contributed by atoms with Gasteiger partial charge in [-0.25, -0.2) is 0 Å². The number of likely N-dealkylation sites (tertiary alicyclic amines) is 1. The SMILES string of the molecule is CCSc1sc(C(=O)N2CCCC2)c2c1C(=O)CC(C)(C)C2. The molecule has 3 nitrogen and oxygen atoms in total. The van der Waals surface area contributed by atoms with Crippen LogP contribution in [0.1, 0.15) is 65.6 Å². The van der Waals surface area contributed by atoms with Gasteiger partial charge in [0.1, 0.15) is 0 Å². The quantitative estimate of drug-likeness (QED) is 0.774. The Morgan fingerprint density at radius 1 is 1.27 bits per heavy atom. The molecule has 0 N–H and O–H groups in total. The lowest BCUT2D eigenvalue weighted by Gasteiger charge is -2.29. The predicted molar refractivity (Wildman–Crippen MR) is 92.3 cm³/mol. The molecule has 0 saturated carbocycles. The molecule has 0 atom stereocenters. The number of Topliss-reactive ketones (excluding diaryl/α,β-unsaturated/α-hetero) is 1. The van der Waals surface area contributed by atoms with E-state index in [1.54, 1.807) is 23.1 Å². The molecule has 1 amide bonds. The van der Waals surface area contributed by atoms with Crippen molar-refractivity contribution < 1.29 is 9.59 Å². The third-order valence-corrected chi connectivity index (χ3v) is 6.78. The summed E-state index contributed by atoms with van der Waals surface area (Å²) < 4.78 is 1.06. The third kappa shape index (κ3) is 2.85. The maximum Gasteiger partial charge on any atom is 0.264 e. The Kier molecular flexibility index (Phi) is 4.38. The van der Waals surface area contributed by atoms with Gasteiger partial charge < -0.3 is 4.90 Å². The van der Waals surface area contributed by atoms with Gasteiger partial charge in [-0.3, -0.25) is 9.59 Å². The molecule has 22 heavy (non-hydrogen) atoms. The number of carbonyl (C=O) groups excluding carboxylic acids is 2. The fraction of sp³-hybridized carbons (Fsp3) is 0.647. The maximum atomic E-state index is 12.9. The van der Waals surface area contributed by atoms with Crippen molar-refractivity contribution in [2.45, 2.75) is 50.7 Å². The third-order valence-electron chi connectivity index (χ3n) is 4.41. The molecular formula is C17H23NO2S2. The highest BCUT2D eigenvalue weighted by Crippen LogP contribution is 2.45. The lowest BCUT2D eigenvalue weighted by Crippen LogP contribution is -2.31. The van der Waals surface area contributed by atoms with Crippen LogP contribution in [-0.2, 0) is 6.42 Å². The van der Waals surface area contributed by atoms with Gasteiger partial charge in [-0.2, -0.15) is 0 Å². The topological polar surface area (TPSA) is 37.4 Å². The van der Waals surface area contributed by atoms with Gasteiger partial charge in [-0.15, -0.1) is 23.1 Å². The normalized spacial score (nSPS) is 20.3. The zero-order chi connectivity index (χ0) is 15.9. The smallest absolute Gasteiger partial charge is 0.264 e. The Bertz CT molecular complexity index is 612. The summed E-state index contributed by atoms with van der Waals surface area (Å²) in [5, 5.41) is 0. The van der Waals surface area contributed by atoms with Gasteiger partial charge >= 0.3 is 0 Å². The van der Waals surface area contributed by atoms with Gasteiger partial charge in [0, 0.05) is 25.1 Å². The number of thiophene rings is 1. The van der Waals surface area contributed by atoms with E-state index in [9.17, 15) is 9.59 Å². The highest BCUT2D eigenvalue weighted by molar-refractivity contribution is 8.01. The van der Waals surface area contributed by atoms with Crippen LogP contribution in [0.3, 0.4) is 0 Å². The largest absolute Gasteiger partial charge is 0.338 e. The van der Waals surface area contributed by atoms with E-state index in [0.29, 0.717) is 6.42 Å². The summed E-state index contributed by atoms with van der Waals surface area (Å²) in [6.07, 6.45) is 3.62. The number of rotatable bonds is 3. The highest BCUT2D eigenvalue weighted by atomic mass is 32.2. The van der Waals surface area contributed by atoms with Gasteiger partial charge in [-0.1, -0.05) is 20.8 Å². The summed E-state index contributed by atoms with van der Waals surface area (Å²) in [5.41, 5.74) is 1.84. The van der Waals surface area contributed by atoms with Crippen LogP contribution in [-0.4, -0.2) is 35.4 Å². The number of hydrogen-bond acceptors (Lipinski definition) is 4. The second kappa shape index (κ2) is 6.00. The van der Waals surface area contributed by atoms with Crippen molar-refractivity contribution in [3.8, 4) is 0 Å². The minimum atomic E-state index is -0.0423. The zero-order valence-electron chi connectivity index (χ0n) is 13.5. The Morgan fingerprint density at radius 2 is 1.95 bits per heavy atom. The summed E-state index contributed by atoms with van der Waals surface area (Å²) in [7, 11) is 0. The fourth-order valence-corrected chi connectivity index (χ4v) is 5.95. The average Bonchev–Trinajstić information content (AvgIpc) is 3.05. The van der Waals surface area contributed by atoms with Crippen molar-refractivity contribution in [3.63, 3.8) is 0 Å². The van der Waals surface area contributed by atoms with E-state index < -0.39 is 0 Å². The highest BCUT2D eigenvalue weighted by Gasteiger charge is 2.38. The molecular weight excluding hydrogens is 314 g/mol. The van der Waals surface area contributed by atoms with Crippen LogP contribution in [0.15, 0.2) is 4.21 Å². The molecule has 0 radical (unpaired) electrons. The Labute approximate surface area is 140 Å². The van der Waals surface area contributed by atoms with Crippen LogP contribution in [0.4, 0.5) is 0 Å². The molecule has 1 aliphatic carbocycles. The van der Waals surface area contributed by atoms with Crippen LogP contribution in [0.5, 0.6) is 0 Å². The molecule has 1 aliphatic heterocycles. The van der Waals surface area contributed by atoms with Gasteiger partial charge in [0.2, 0.25) is 0 Å². The summed E-state index contributed by atoms with van der Waals surface area (Å²) in [6, 6.07) is 0. The van der Waals surface area contributed by atoms with E-state index in [1.165, 1.54) is 0 Å². The summed E-state index contributed by atoms with van der Waals surface area (Å²) in [6.45, 7) is 8.07. The molecule has 1 saturated heterocycles. The number of ketones is 1. The molecule has 2 heterocycles. The standard InChI is InChI=1S/C17H23NO2S2/c1-4-21-16-13-11(9-17(2,3)10-12(13)19)14(22-16)15(20)18-7-5-6-8-18/h4-10H2,1-3H3. The molecule has 1 fully saturated rings. The van der Waals surface area contributed by atoms with Crippen LogP contribution < -0.4 is 0 Å². The van der Waals surface area contributed by atoms with Crippen molar-refractivity contribution in [1.82, 2.24) is 4.90 Å². The first-order valence-corrected chi connectivity index (χ1v) is 9.84. The lowest BCUT2D eigenvalue weighted by molar-refractivity contribution is 0.0795. The fourth-order valence-electron chi connectivity index (χ4n) is 3.43. The average molecular weight is 338 g/mol. The molecule has 0 spiro atoms. The Morgan fingerprint density at radius 3 is 2.59 bits per heavy atom. The summed E-state index contributed by atoms with van der Waals surface area (Å²) in [5.74, 6) is 1.30. The number of thioether (sulfide) groups is 1. The molecule has 0 bridgehead atoms. The van der Waals surface area contributed by atoms with Crippen LogP contribution in [0.2, 0.25) is 0 Å². The van der Waals surface area contributed by atoms with E-state index in [1.807, 2.05) is 4.90 Å². The maximum absolute atomic E-state index is 12.9. The van der Waals surface area contributed by atoms with Crippen molar-refractivity contribution in [3.05, 3.63) is 16.0 Å². The molecule has 5 heteroatoms. The molecule has 1 aromatic rings. The minimum absolute atomic E-state index is 0.0423. The van der Waals surface area contributed by atoms with E-state index in [4.69, 9.17) is 0 Å². The first-order chi connectivity index (χ1) is 10.4. The van der Waals surface area contributed by atoms with E-state index in [-0.39, 0.29) is 17.1 Å². The molecule has 0 unspecified atom stereocenters. The first-order valence-electron chi connectivity index (χ1n) is 8.04. The van der Waals surface area contributed by atoms with E-state index >= 15 is 0 Å².